The number of thioether (sulfide) groups is 1. The van der Waals surface area contributed by atoms with Gasteiger partial charge >= 0.3 is 0 Å². The Bertz CT molecular complexity index is 1330. The fourth-order valence-electron chi connectivity index (χ4n) is 3.92. The predicted octanol–water partition coefficient (Wildman–Crippen LogP) is 4.97. The van der Waals surface area contributed by atoms with Gasteiger partial charge in [-0.15, -0.1) is 11.8 Å². The van der Waals surface area contributed by atoms with E-state index >= 15 is 0 Å². The van der Waals surface area contributed by atoms with Crippen molar-refractivity contribution in [1.29, 1.82) is 0 Å². The maximum Gasteiger partial charge on any atom is 0.296 e. The zero-order chi connectivity index (χ0) is 20.8. The van der Waals surface area contributed by atoms with Gasteiger partial charge < -0.3 is 4.42 Å². The van der Waals surface area contributed by atoms with E-state index in [-0.39, 0.29) is 17.1 Å². The molecular weight excluding hydrogens is 396 g/mol. The largest absolute Gasteiger partial charge is 0.450 e. The third kappa shape index (κ3) is 2.83. The number of carbonyl (C=O) groups is 1. The topological polar surface area (TPSA) is 63.4 Å². The van der Waals surface area contributed by atoms with Crippen molar-refractivity contribution in [3.63, 3.8) is 0 Å². The standard InChI is InChI=1S/C24H18N2O3S/c1-14-6-11-18-17(13-14)22(27)20-21(15-7-9-16(30-2)10-8-15)26(24(28)23(20)29-18)19-5-3-4-12-25-19/h3-13,21H,1-2H3/t21-/m0/s1. The van der Waals surface area contributed by atoms with E-state index in [0.717, 1.165) is 16.0 Å². The van der Waals surface area contributed by atoms with Crippen LogP contribution in [-0.4, -0.2) is 17.1 Å². The van der Waals surface area contributed by atoms with Gasteiger partial charge in [0.2, 0.25) is 5.76 Å². The molecule has 2 aromatic carbocycles. The minimum Gasteiger partial charge on any atom is -0.450 e. The lowest BCUT2D eigenvalue weighted by molar-refractivity contribution is 0.0970. The Balaban J connectivity index is 1.80. The van der Waals surface area contributed by atoms with Gasteiger partial charge in [-0.1, -0.05) is 29.8 Å². The summed E-state index contributed by atoms with van der Waals surface area (Å²) in [5.74, 6) is 0.204. The van der Waals surface area contributed by atoms with Gasteiger partial charge in [0.05, 0.1) is 17.0 Å². The molecule has 5 rings (SSSR count). The van der Waals surface area contributed by atoms with Crippen LogP contribution in [0.5, 0.6) is 0 Å². The minimum atomic E-state index is -0.598. The Kier molecular flexibility index (Phi) is 4.44. The summed E-state index contributed by atoms with van der Waals surface area (Å²) in [5.41, 5.74) is 2.39. The first-order valence-electron chi connectivity index (χ1n) is 9.54. The molecule has 1 aliphatic heterocycles. The second-order valence-electron chi connectivity index (χ2n) is 7.21. The minimum absolute atomic E-state index is 0.0842. The number of aryl methyl sites for hydroxylation is 1. The molecule has 0 aliphatic carbocycles. The molecule has 0 saturated heterocycles. The molecule has 0 radical (unpaired) electrons. The Morgan fingerprint density at radius 3 is 2.53 bits per heavy atom. The summed E-state index contributed by atoms with van der Waals surface area (Å²) in [6, 6.07) is 18.1. The van der Waals surface area contributed by atoms with Crippen LogP contribution in [0.15, 0.2) is 81.0 Å². The number of fused-ring (bicyclic) bond motifs is 2. The highest BCUT2D eigenvalue weighted by Crippen LogP contribution is 2.40. The first kappa shape index (κ1) is 18.6. The maximum absolute atomic E-state index is 13.5. The van der Waals surface area contributed by atoms with Crippen molar-refractivity contribution < 1.29 is 9.21 Å². The monoisotopic (exact) mass is 414 g/mol. The number of anilines is 1. The van der Waals surface area contributed by atoms with Crippen LogP contribution in [0.1, 0.15) is 33.3 Å². The highest BCUT2D eigenvalue weighted by molar-refractivity contribution is 7.98. The van der Waals surface area contributed by atoms with Gasteiger partial charge in [0.15, 0.2) is 5.43 Å². The van der Waals surface area contributed by atoms with Crippen molar-refractivity contribution >= 4 is 34.5 Å². The molecule has 3 heterocycles. The van der Waals surface area contributed by atoms with Crippen LogP contribution >= 0.6 is 11.8 Å². The summed E-state index contributed by atoms with van der Waals surface area (Å²) in [7, 11) is 0. The third-order valence-corrected chi connectivity index (χ3v) is 6.10. The van der Waals surface area contributed by atoms with E-state index in [1.54, 1.807) is 41.1 Å². The number of pyridine rings is 1. The van der Waals surface area contributed by atoms with Gasteiger partial charge in [-0.25, -0.2) is 4.98 Å². The van der Waals surface area contributed by atoms with Crippen LogP contribution in [0.3, 0.4) is 0 Å². The normalized spacial score (nSPS) is 15.6. The molecule has 148 valence electrons. The van der Waals surface area contributed by atoms with E-state index in [2.05, 4.69) is 4.98 Å². The van der Waals surface area contributed by atoms with Crippen molar-refractivity contribution in [2.45, 2.75) is 17.9 Å². The van der Waals surface area contributed by atoms with Crippen LogP contribution in [0.4, 0.5) is 5.82 Å². The molecule has 0 saturated carbocycles. The Morgan fingerprint density at radius 1 is 1.03 bits per heavy atom. The number of amides is 1. The first-order chi connectivity index (χ1) is 14.6. The molecule has 0 bridgehead atoms. The quantitative estimate of drug-likeness (QED) is 0.443. The molecule has 0 spiro atoms. The summed E-state index contributed by atoms with van der Waals surface area (Å²) < 4.78 is 5.98. The number of aromatic nitrogens is 1. The summed E-state index contributed by atoms with van der Waals surface area (Å²) in [6.45, 7) is 1.93. The lowest BCUT2D eigenvalue weighted by atomic mass is 9.98. The lowest BCUT2D eigenvalue weighted by Crippen LogP contribution is -2.30. The van der Waals surface area contributed by atoms with E-state index in [0.29, 0.717) is 22.4 Å². The van der Waals surface area contributed by atoms with Crippen LogP contribution in [0, 0.1) is 6.92 Å². The second kappa shape index (κ2) is 7.15. The van der Waals surface area contributed by atoms with Gasteiger partial charge in [-0.2, -0.15) is 0 Å². The van der Waals surface area contributed by atoms with E-state index in [1.165, 1.54) is 0 Å². The molecule has 1 amide bonds. The van der Waals surface area contributed by atoms with Gasteiger partial charge in [-0.3, -0.25) is 14.5 Å². The van der Waals surface area contributed by atoms with E-state index in [9.17, 15) is 9.59 Å². The molecule has 0 fully saturated rings. The number of carbonyl (C=O) groups excluding carboxylic acids is 1. The fraction of sp³-hybridized carbons (Fsp3) is 0.125. The number of hydrogen-bond donors (Lipinski definition) is 0. The molecule has 4 aromatic rings. The number of benzene rings is 2. The van der Waals surface area contributed by atoms with Crippen molar-refractivity contribution in [2.75, 3.05) is 11.2 Å². The van der Waals surface area contributed by atoms with E-state index in [1.807, 2.05) is 55.6 Å². The fourth-order valence-corrected chi connectivity index (χ4v) is 4.33. The SMILES string of the molecule is CSc1ccc([C@H]2c3c(oc4ccc(C)cc4c3=O)C(=O)N2c2ccccn2)cc1. The van der Waals surface area contributed by atoms with Crippen LogP contribution in [0.2, 0.25) is 0 Å². The molecule has 0 N–H and O–H groups in total. The zero-order valence-electron chi connectivity index (χ0n) is 16.5. The Morgan fingerprint density at radius 2 is 1.83 bits per heavy atom. The van der Waals surface area contributed by atoms with Crippen LogP contribution in [-0.2, 0) is 0 Å². The Labute approximate surface area is 177 Å². The van der Waals surface area contributed by atoms with Gasteiger partial charge in [0.1, 0.15) is 11.4 Å². The van der Waals surface area contributed by atoms with Crippen molar-refractivity contribution in [3.8, 4) is 0 Å². The highest BCUT2D eigenvalue weighted by Gasteiger charge is 2.44. The average Bonchev–Trinajstić information content (AvgIpc) is 3.07. The Hall–Kier alpha value is -3.38. The van der Waals surface area contributed by atoms with Crippen molar-refractivity contribution in [2.24, 2.45) is 0 Å². The average molecular weight is 414 g/mol. The van der Waals surface area contributed by atoms with Gasteiger partial charge in [-0.05, 0) is 55.1 Å². The molecule has 0 unspecified atom stereocenters. The number of rotatable bonds is 3. The van der Waals surface area contributed by atoms with Crippen molar-refractivity contribution in [3.05, 3.63) is 99.5 Å². The smallest absolute Gasteiger partial charge is 0.296 e. The second-order valence-corrected chi connectivity index (χ2v) is 8.09. The van der Waals surface area contributed by atoms with Crippen LogP contribution in [0.25, 0.3) is 11.0 Å². The molecule has 5 nitrogen and oxygen atoms in total. The molecule has 1 aliphatic rings. The van der Waals surface area contributed by atoms with E-state index < -0.39 is 6.04 Å². The van der Waals surface area contributed by atoms with E-state index in [4.69, 9.17) is 4.42 Å². The van der Waals surface area contributed by atoms with Gasteiger partial charge in [0, 0.05) is 11.1 Å². The van der Waals surface area contributed by atoms with Gasteiger partial charge in [0.25, 0.3) is 5.91 Å². The molecule has 1 atom stereocenters. The summed E-state index contributed by atoms with van der Waals surface area (Å²) in [4.78, 5) is 34.0. The third-order valence-electron chi connectivity index (χ3n) is 5.35. The van der Waals surface area contributed by atoms with Crippen LogP contribution < -0.4 is 10.3 Å². The molecular formula is C24H18N2O3S. The number of hydrogen-bond acceptors (Lipinski definition) is 5. The highest BCUT2D eigenvalue weighted by atomic mass is 32.2. The molecule has 6 heteroatoms. The summed E-state index contributed by atoms with van der Waals surface area (Å²) >= 11 is 1.64. The van der Waals surface area contributed by atoms with Crippen molar-refractivity contribution in [1.82, 2.24) is 4.98 Å². The molecule has 2 aromatic heterocycles. The lowest BCUT2D eigenvalue weighted by Gasteiger charge is -2.24. The maximum atomic E-state index is 13.5. The number of nitrogens with zero attached hydrogens (tertiary/aromatic N) is 2. The molecule has 30 heavy (non-hydrogen) atoms. The zero-order valence-corrected chi connectivity index (χ0v) is 17.3. The first-order valence-corrected chi connectivity index (χ1v) is 10.8. The summed E-state index contributed by atoms with van der Waals surface area (Å²) in [6.07, 6.45) is 3.64. The predicted molar refractivity (Wildman–Crippen MR) is 118 cm³/mol. The summed E-state index contributed by atoms with van der Waals surface area (Å²) in [5, 5.41) is 0.482.